The zero-order valence-corrected chi connectivity index (χ0v) is 24.5. The van der Waals surface area contributed by atoms with Gasteiger partial charge in [0.1, 0.15) is 11.6 Å². The summed E-state index contributed by atoms with van der Waals surface area (Å²) in [5.41, 5.74) is 4.43. The van der Waals surface area contributed by atoms with E-state index in [2.05, 4.69) is 28.5 Å². The van der Waals surface area contributed by atoms with Gasteiger partial charge in [-0.25, -0.2) is 4.98 Å². The lowest BCUT2D eigenvalue weighted by atomic mass is 10.1. The van der Waals surface area contributed by atoms with Crippen LogP contribution in [0.4, 0.5) is 13.2 Å². The van der Waals surface area contributed by atoms with Crippen molar-refractivity contribution in [2.75, 3.05) is 7.11 Å². The van der Waals surface area contributed by atoms with Crippen molar-refractivity contribution in [2.24, 2.45) is 0 Å². The maximum atomic E-state index is 14.1. The van der Waals surface area contributed by atoms with Crippen LogP contribution in [-0.2, 0) is 32.4 Å². The molecule has 0 bridgehead atoms. The number of benzene rings is 4. The molecule has 0 N–H and O–H groups in total. The van der Waals surface area contributed by atoms with Crippen LogP contribution in [0.25, 0.3) is 22.6 Å². The number of methoxy groups -OCH3 is 1. The predicted octanol–water partition coefficient (Wildman–Crippen LogP) is 9.25. The molecule has 43 heavy (non-hydrogen) atoms. The molecule has 7 heteroatoms. The summed E-state index contributed by atoms with van der Waals surface area (Å²) in [4.78, 5) is 7.27. The van der Waals surface area contributed by atoms with Gasteiger partial charge in [-0.05, 0) is 35.7 Å². The van der Waals surface area contributed by atoms with Crippen LogP contribution in [-0.4, -0.2) is 21.6 Å². The Hall–Kier alpha value is -4.36. The Balaban J connectivity index is 1.63. The second kappa shape index (κ2) is 13.7. The lowest BCUT2D eigenvalue weighted by molar-refractivity contribution is -0.138. The average Bonchev–Trinajstić information content (AvgIpc) is 3.38. The molecular weight excluding hydrogens is 547 g/mol. The van der Waals surface area contributed by atoms with Crippen molar-refractivity contribution in [2.45, 2.75) is 52.1 Å². The van der Waals surface area contributed by atoms with Gasteiger partial charge in [0, 0.05) is 37.3 Å². The molecule has 0 saturated carbocycles. The molecule has 0 saturated heterocycles. The highest BCUT2D eigenvalue weighted by atomic mass is 19.4. The number of aromatic nitrogens is 2. The fraction of sp³-hybridized carbons (Fsp3) is 0.250. The van der Waals surface area contributed by atoms with Crippen LogP contribution in [0, 0.1) is 0 Å². The van der Waals surface area contributed by atoms with Gasteiger partial charge >= 0.3 is 6.18 Å². The van der Waals surface area contributed by atoms with Crippen LogP contribution >= 0.6 is 0 Å². The van der Waals surface area contributed by atoms with Crippen molar-refractivity contribution in [3.63, 3.8) is 0 Å². The summed E-state index contributed by atoms with van der Waals surface area (Å²) in [6.07, 6.45) is -2.49. The molecule has 1 aromatic heterocycles. The standard InChI is InChI=1S/C36H36F3N3O/c1-3-4-23-42-33(34(28-13-7-5-8-14-28)40-35(42)29-15-9-6-10-16-29)26-41(24-27-19-21-31(43-2)22-20-27)25-30-17-11-12-18-32(30)36(37,38)39/h5-22H,3-4,23-26H2,1-2H3. The zero-order valence-electron chi connectivity index (χ0n) is 24.5. The normalized spacial score (nSPS) is 11.7. The minimum atomic E-state index is -4.44. The fourth-order valence-electron chi connectivity index (χ4n) is 5.38. The minimum Gasteiger partial charge on any atom is -0.497 e. The van der Waals surface area contributed by atoms with Gasteiger partial charge in [0.05, 0.1) is 24.1 Å². The van der Waals surface area contributed by atoms with E-state index >= 15 is 0 Å². The number of ether oxygens (including phenoxy) is 1. The molecule has 5 aromatic rings. The van der Waals surface area contributed by atoms with Crippen molar-refractivity contribution in [1.29, 1.82) is 0 Å². The SMILES string of the molecule is CCCCn1c(-c2ccccc2)nc(-c2ccccc2)c1CN(Cc1ccc(OC)cc1)Cc1ccccc1C(F)(F)F. The van der Waals surface area contributed by atoms with E-state index in [1.165, 1.54) is 6.07 Å². The van der Waals surface area contributed by atoms with Gasteiger partial charge in [-0.3, -0.25) is 4.90 Å². The molecule has 0 fully saturated rings. The molecule has 5 rings (SSSR count). The molecule has 0 aliphatic rings. The van der Waals surface area contributed by atoms with Gasteiger partial charge in [-0.2, -0.15) is 13.2 Å². The number of halogens is 3. The van der Waals surface area contributed by atoms with E-state index in [9.17, 15) is 13.2 Å². The van der Waals surface area contributed by atoms with Crippen molar-refractivity contribution >= 4 is 0 Å². The summed E-state index contributed by atoms with van der Waals surface area (Å²) in [7, 11) is 1.61. The number of nitrogens with zero attached hydrogens (tertiary/aromatic N) is 3. The summed E-state index contributed by atoms with van der Waals surface area (Å²) in [6.45, 7) is 3.89. The van der Waals surface area contributed by atoms with E-state index in [4.69, 9.17) is 9.72 Å². The van der Waals surface area contributed by atoms with Crippen molar-refractivity contribution in [3.8, 4) is 28.4 Å². The third kappa shape index (κ3) is 7.35. The number of hydrogen-bond acceptors (Lipinski definition) is 3. The lowest BCUT2D eigenvalue weighted by Gasteiger charge is -2.26. The van der Waals surface area contributed by atoms with Crippen LogP contribution in [0.15, 0.2) is 109 Å². The highest BCUT2D eigenvalue weighted by Gasteiger charge is 2.33. The second-order valence-corrected chi connectivity index (χ2v) is 10.6. The largest absolute Gasteiger partial charge is 0.497 e. The topological polar surface area (TPSA) is 30.3 Å². The first-order valence-corrected chi connectivity index (χ1v) is 14.6. The van der Waals surface area contributed by atoms with Crippen LogP contribution in [0.5, 0.6) is 5.75 Å². The van der Waals surface area contributed by atoms with Crippen LogP contribution < -0.4 is 4.74 Å². The first-order chi connectivity index (χ1) is 20.9. The molecule has 0 unspecified atom stereocenters. The lowest BCUT2D eigenvalue weighted by Crippen LogP contribution is -2.26. The molecule has 4 nitrogen and oxygen atoms in total. The van der Waals surface area contributed by atoms with Gasteiger partial charge in [-0.1, -0.05) is 104 Å². The molecule has 0 radical (unpaired) electrons. The third-order valence-corrected chi connectivity index (χ3v) is 7.54. The highest BCUT2D eigenvalue weighted by molar-refractivity contribution is 5.68. The number of unbranched alkanes of at least 4 members (excludes halogenated alkanes) is 1. The fourth-order valence-corrected chi connectivity index (χ4v) is 5.38. The van der Waals surface area contributed by atoms with E-state index in [1.54, 1.807) is 19.2 Å². The molecule has 4 aromatic carbocycles. The zero-order chi connectivity index (χ0) is 30.2. The van der Waals surface area contributed by atoms with Gasteiger partial charge in [0.25, 0.3) is 0 Å². The maximum absolute atomic E-state index is 14.1. The Kier molecular flexibility index (Phi) is 9.62. The van der Waals surface area contributed by atoms with E-state index in [0.717, 1.165) is 65.1 Å². The summed E-state index contributed by atoms with van der Waals surface area (Å²) in [6, 6.07) is 33.7. The molecule has 222 valence electrons. The number of rotatable bonds is 12. The number of alkyl halides is 3. The molecule has 0 amide bonds. The van der Waals surface area contributed by atoms with Gasteiger partial charge < -0.3 is 9.30 Å². The minimum absolute atomic E-state index is 0.121. The quantitative estimate of drug-likeness (QED) is 0.147. The second-order valence-electron chi connectivity index (χ2n) is 10.6. The van der Waals surface area contributed by atoms with Crippen molar-refractivity contribution in [3.05, 3.63) is 132 Å². The Bertz CT molecular complexity index is 1600. The molecule has 1 heterocycles. The highest BCUT2D eigenvalue weighted by Crippen LogP contribution is 2.35. The Morgan fingerprint density at radius 3 is 2.00 bits per heavy atom. The van der Waals surface area contributed by atoms with E-state index < -0.39 is 11.7 Å². The van der Waals surface area contributed by atoms with Crippen LogP contribution in [0.3, 0.4) is 0 Å². The third-order valence-electron chi connectivity index (χ3n) is 7.54. The smallest absolute Gasteiger partial charge is 0.416 e. The first kappa shape index (κ1) is 30.1. The first-order valence-electron chi connectivity index (χ1n) is 14.6. The molecule has 0 atom stereocenters. The maximum Gasteiger partial charge on any atom is 0.416 e. The summed E-state index contributed by atoms with van der Waals surface area (Å²) in [5, 5.41) is 0. The van der Waals surface area contributed by atoms with E-state index in [1.807, 2.05) is 72.8 Å². The molecule has 0 aliphatic heterocycles. The van der Waals surface area contributed by atoms with E-state index in [-0.39, 0.29) is 12.1 Å². The molecular formula is C36H36F3N3O. The van der Waals surface area contributed by atoms with Crippen LogP contribution in [0.2, 0.25) is 0 Å². The predicted molar refractivity (Wildman–Crippen MR) is 165 cm³/mol. The van der Waals surface area contributed by atoms with Gasteiger partial charge in [0.15, 0.2) is 0 Å². The Morgan fingerprint density at radius 2 is 1.37 bits per heavy atom. The number of hydrogen-bond donors (Lipinski definition) is 0. The van der Waals surface area contributed by atoms with Gasteiger partial charge in [0.2, 0.25) is 0 Å². The summed E-state index contributed by atoms with van der Waals surface area (Å²) in [5.74, 6) is 1.59. The van der Waals surface area contributed by atoms with Gasteiger partial charge in [-0.15, -0.1) is 0 Å². The van der Waals surface area contributed by atoms with Crippen molar-refractivity contribution < 1.29 is 17.9 Å². The van der Waals surface area contributed by atoms with E-state index in [0.29, 0.717) is 13.1 Å². The monoisotopic (exact) mass is 583 g/mol. The Morgan fingerprint density at radius 1 is 0.744 bits per heavy atom. The molecule has 0 spiro atoms. The number of imidazole rings is 1. The molecule has 0 aliphatic carbocycles. The summed E-state index contributed by atoms with van der Waals surface area (Å²) >= 11 is 0. The summed E-state index contributed by atoms with van der Waals surface area (Å²) < 4.78 is 49.8. The average molecular weight is 584 g/mol. The Labute approximate surface area is 251 Å². The van der Waals surface area contributed by atoms with Crippen molar-refractivity contribution in [1.82, 2.24) is 14.5 Å². The van der Waals surface area contributed by atoms with Crippen LogP contribution in [0.1, 0.15) is 42.1 Å².